The molecule has 0 saturated carbocycles. The number of nitrogens with one attached hydrogen (secondary N) is 1. The van der Waals surface area contributed by atoms with Crippen molar-refractivity contribution in [3.05, 3.63) is 64.1 Å². The van der Waals surface area contributed by atoms with E-state index in [0.29, 0.717) is 30.1 Å². The minimum Gasteiger partial charge on any atom is -0.467 e. The van der Waals surface area contributed by atoms with Crippen molar-refractivity contribution in [3.8, 4) is 0 Å². The van der Waals surface area contributed by atoms with E-state index in [0.717, 1.165) is 0 Å². The monoisotopic (exact) mass is 370 g/mol. The molecule has 1 aromatic carbocycles. The molecule has 1 atom stereocenters. The van der Waals surface area contributed by atoms with E-state index in [4.69, 9.17) is 4.42 Å². The van der Waals surface area contributed by atoms with Gasteiger partial charge in [-0.2, -0.15) is 5.10 Å². The van der Waals surface area contributed by atoms with Crippen molar-refractivity contribution in [2.75, 3.05) is 6.54 Å². The van der Waals surface area contributed by atoms with Gasteiger partial charge in [-0.1, -0.05) is 0 Å². The summed E-state index contributed by atoms with van der Waals surface area (Å²) in [5, 5.41) is 14.7. The maximum absolute atomic E-state index is 12.3. The summed E-state index contributed by atoms with van der Waals surface area (Å²) in [6, 6.07) is 9.39. The number of non-ortho nitro benzene ring substituents is 1. The van der Waals surface area contributed by atoms with Gasteiger partial charge in [-0.05, 0) is 36.8 Å². The second kappa shape index (κ2) is 7.81. The summed E-state index contributed by atoms with van der Waals surface area (Å²) in [6.45, 7) is 2.32. The maximum atomic E-state index is 12.3. The second-order valence-electron chi connectivity index (χ2n) is 6.23. The van der Waals surface area contributed by atoms with Gasteiger partial charge >= 0.3 is 0 Å². The Morgan fingerprint density at radius 1 is 1.37 bits per heavy atom. The molecule has 1 aromatic heterocycles. The predicted octanol–water partition coefficient (Wildman–Crippen LogP) is 2.08. The summed E-state index contributed by atoms with van der Waals surface area (Å²) < 4.78 is 5.23. The summed E-state index contributed by atoms with van der Waals surface area (Å²) in [6.07, 6.45) is 1.66. The molecular weight excluding hydrogens is 352 g/mol. The van der Waals surface area contributed by atoms with Crippen LogP contribution >= 0.6 is 0 Å². The van der Waals surface area contributed by atoms with Crippen molar-refractivity contribution in [3.63, 3.8) is 0 Å². The molecule has 0 spiro atoms. The largest absolute Gasteiger partial charge is 0.467 e. The summed E-state index contributed by atoms with van der Waals surface area (Å²) in [4.78, 5) is 36.2. The minimum atomic E-state index is -0.485. The molecule has 0 bridgehead atoms. The normalized spacial score (nSPS) is 17.2. The number of nitro groups is 1. The molecule has 140 valence electrons. The first-order valence-electron chi connectivity index (χ1n) is 8.33. The third-order valence-electron chi connectivity index (χ3n) is 4.34. The first-order valence-corrected chi connectivity index (χ1v) is 8.33. The van der Waals surface area contributed by atoms with E-state index in [9.17, 15) is 19.7 Å². The number of benzene rings is 1. The molecule has 0 radical (unpaired) electrons. The molecule has 2 heterocycles. The highest BCUT2D eigenvalue weighted by Gasteiger charge is 2.34. The van der Waals surface area contributed by atoms with Gasteiger partial charge in [-0.3, -0.25) is 19.7 Å². The van der Waals surface area contributed by atoms with Crippen LogP contribution in [0.15, 0.2) is 52.2 Å². The van der Waals surface area contributed by atoms with E-state index in [1.54, 1.807) is 36.1 Å². The lowest BCUT2D eigenvalue weighted by molar-refractivity contribution is -0.384. The number of nitrogens with zero attached hydrogens (tertiary/aromatic N) is 3. The number of carbonyl (C=O) groups excluding carboxylic acids is 2. The second-order valence-corrected chi connectivity index (χ2v) is 6.23. The van der Waals surface area contributed by atoms with E-state index in [1.807, 2.05) is 0 Å². The zero-order chi connectivity index (χ0) is 19.4. The van der Waals surface area contributed by atoms with E-state index in [2.05, 4.69) is 10.5 Å². The Bertz CT molecular complexity index is 874. The van der Waals surface area contributed by atoms with Crippen molar-refractivity contribution < 1.29 is 18.9 Å². The van der Waals surface area contributed by atoms with Gasteiger partial charge in [-0.15, -0.1) is 0 Å². The summed E-state index contributed by atoms with van der Waals surface area (Å²) in [5.41, 5.74) is 3.62. The fourth-order valence-electron chi connectivity index (χ4n) is 2.81. The lowest BCUT2D eigenvalue weighted by Gasteiger charge is -2.14. The van der Waals surface area contributed by atoms with Crippen LogP contribution in [0, 0.1) is 16.0 Å². The molecule has 3 rings (SSSR count). The predicted molar refractivity (Wildman–Crippen MR) is 95.7 cm³/mol. The van der Waals surface area contributed by atoms with E-state index in [1.165, 1.54) is 18.4 Å². The first kappa shape index (κ1) is 18.3. The molecular formula is C18H18N4O5. The van der Waals surface area contributed by atoms with Gasteiger partial charge in [0.05, 0.1) is 29.4 Å². The summed E-state index contributed by atoms with van der Waals surface area (Å²) in [5.74, 6) is -0.272. The number of amides is 2. The van der Waals surface area contributed by atoms with Crippen LogP contribution in [0.3, 0.4) is 0 Å². The number of rotatable bonds is 6. The molecule has 1 fully saturated rings. The molecule has 1 aliphatic rings. The topological polar surface area (TPSA) is 118 Å². The molecule has 1 unspecified atom stereocenters. The Balaban J connectivity index is 1.57. The van der Waals surface area contributed by atoms with Crippen molar-refractivity contribution in [2.45, 2.75) is 19.9 Å². The van der Waals surface area contributed by atoms with Crippen LogP contribution in [0.5, 0.6) is 0 Å². The van der Waals surface area contributed by atoms with Crippen LogP contribution in [-0.2, 0) is 16.1 Å². The van der Waals surface area contributed by atoms with Crippen LogP contribution in [-0.4, -0.2) is 33.9 Å². The smallest absolute Gasteiger partial charge is 0.269 e. The molecule has 9 heteroatoms. The number of hydrazone groups is 1. The Hall–Kier alpha value is -3.49. The SMILES string of the molecule is C/C(=N/NC(=O)C1CC(=O)N(Cc2ccco2)C1)c1ccc([N+](=O)[O-])cc1. The third-order valence-corrected chi connectivity index (χ3v) is 4.34. The van der Waals surface area contributed by atoms with Crippen LogP contribution in [0.25, 0.3) is 0 Å². The lowest BCUT2D eigenvalue weighted by Crippen LogP contribution is -2.30. The van der Waals surface area contributed by atoms with E-state index >= 15 is 0 Å². The zero-order valence-electron chi connectivity index (χ0n) is 14.6. The maximum Gasteiger partial charge on any atom is 0.269 e. The van der Waals surface area contributed by atoms with Gasteiger partial charge < -0.3 is 9.32 Å². The van der Waals surface area contributed by atoms with Gasteiger partial charge in [0, 0.05) is 25.1 Å². The van der Waals surface area contributed by atoms with Gasteiger partial charge in [-0.25, -0.2) is 5.43 Å². The molecule has 1 aliphatic heterocycles. The number of furan rings is 1. The Kier molecular flexibility index (Phi) is 5.30. The number of hydrogen-bond donors (Lipinski definition) is 1. The van der Waals surface area contributed by atoms with Gasteiger partial charge in [0.2, 0.25) is 11.8 Å². The Labute approximate surface area is 154 Å². The molecule has 27 heavy (non-hydrogen) atoms. The minimum absolute atomic E-state index is 0.0169. The molecule has 9 nitrogen and oxygen atoms in total. The number of carbonyl (C=O) groups is 2. The van der Waals surface area contributed by atoms with Crippen molar-refractivity contribution in [1.82, 2.24) is 10.3 Å². The van der Waals surface area contributed by atoms with Crippen LogP contribution in [0.4, 0.5) is 5.69 Å². The van der Waals surface area contributed by atoms with Crippen molar-refractivity contribution in [1.29, 1.82) is 0 Å². The Morgan fingerprint density at radius 2 is 2.11 bits per heavy atom. The fraction of sp³-hybridized carbons (Fsp3) is 0.278. The highest BCUT2D eigenvalue weighted by atomic mass is 16.6. The first-order chi connectivity index (χ1) is 12.9. The number of likely N-dealkylation sites (tertiary alicyclic amines) is 1. The molecule has 0 aliphatic carbocycles. The van der Waals surface area contributed by atoms with Crippen LogP contribution in [0.1, 0.15) is 24.7 Å². The highest BCUT2D eigenvalue weighted by molar-refractivity contribution is 5.99. The third kappa shape index (κ3) is 4.38. The molecule has 1 saturated heterocycles. The van der Waals surface area contributed by atoms with Crippen LogP contribution < -0.4 is 5.43 Å². The molecule has 2 aromatic rings. The standard InChI is InChI=1S/C18H18N4O5/c1-12(13-4-6-15(7-5-13)22(25)26)19-20-18(24)14-9-17(23)21(10-14)11-16-3-2-8-27-16/h2-8,14H,9-11H2,1H3,(H,20,24)/b19-12-. The lowest BCUT2D eigenvalue weighted by atomic mass is 10.1. The van der Waals surface area contributed by atoms with Crippen molar-refractivity contribution in [2.24, 2.45) is 11.0 Å². The van der Waals surface area contributed by atoms with Crippen molar-refractivity contribution >= 4 is 23.2 Å². The average Bonchev–Trinajstić information content (AvgIpc) is 3.30. The van der Waals surface area contributed by atoms with Gasteiger partial charge in [0.15, 0.2) is 0 Å². The number of hydrogen-bond acceptors (Lipinski definition) is 6. The van der Waals surface area contributed by atoms with E-state index < -0.39 is 10.8 Å². The molecule has 2 amide bonds. The Morgan fingerprint density at radius 3 is 2.74 bits per heavy atom. The quantitative estimate of drug-likeness (QED) is 0.474. The average molecular weight is 370 g/mol. The van der Waals surface area contributed by atoms with E-state index in [-0.39, 0.29) is 23.9 Å². The summed E-state index contributed by atoms with van der Waals surface area (Å²) >= 11 is 0. The highest BCUT2D eigenvalue weighted by Crippen LogP contribution is 2.20. The van der Waals surface area contributed by atoms with Gasteiger partial charge in [0.25, 0.3) is 5.69 Å². The summed E-state index contributed by atoms with van der Waals surface area (Å²) in [7, 11) is 0. The zero-order valence-corrected chi connectivity index (χ0v) is 14.6. The fourth-order valence-corrected chi connectivity index (χ4v) is 2.81. The molecule has 1 N–H and O–H groups in total. The van der Waals surface area contributed by atoms with Crippen LogP contribution in [0.2, 0.25) is 0 Å². The van der Waals surface area contributed by atoms with Gasteiger partial charge in [0.1, 0.15) is 5.76 Å². The number of nitro benzene ring substituents is 1.